The van der Waals surface area contributed by atoms with Crippen molar-refractivity contribution in [2.45, 2.75) is 25.3 Å². The number of rotatable bonds is 2. The highest BCUT2D eigenvalue weighted by Gasteiger charge is 2.41. The molecule has 0 unspecified atom stereocenters. The van der Waals surface area contributed by atoms with Crippen LogP contribution in [0.15, 0.2) is 42.5 Å². The zero-order valence-corrected chi connectivity index (χ0v) is 15.1. The minimum absolute atomic E-state index is 0.0139. The fraction of sp³-hybridized carbons (Fsp3) is 0.250. The van der Waals surface area contributed by atoms with Gasteiger partial charge in [0.05, 0.1) is 11.6 Å². The van der Waals surface area contributed by atoms with Gasteiger partial charge in [-0.1, -0.05) is 47.5 Å². The molecule has 0 fully saturated rings. The van der Waals surface area contributed by atoms with Crippen LogP contribution in [0.3, 0.4) is 0 Å². The fourth-order valence-corrected chi connectivity index (χ4v) is 4.63. The van der Waals surface area contributed by atoms with E-state index in [1.165, 1.54) is 0 Å². The number of halogens is 2. The molecule has 0 aromatic heterocycles. The Balaban J connectivity index is 1.89. The van der Waals surface area contributed by atoms with Crippen molar-refractivity contribution in [2.75, 3.05) is 5.32 Å². The van der Waals surface area contributed by atoms with Crippen LogP contribution in [0.4, 0.5) is 5.69 Å². The Bertz CT molecular complexity index is 907. The van der Waals surface area contributed by atoms with Crippen molar-refractivity contribution in [3.8, 4) is 0 Å². The summed E-state index contributed by atoms with van der Waals surface area (Å²) in [4.78, 5) is 11.7. The molecule has 2 aliphatic rings. The van der Waals surface area contributed by atoms with Gasteiger partial charge in [-0.2, -0.15) is 0 Å². The Morgan fingerprint density at radius 3 is 2.76 bits per heavy atom. The summed E-state index contributed by atoms with van der Waals surface area (Å²) in [5.74, 6) is -0.592. The molecule has 5 heteroatoms. The summed E-state index contributed by atoms with van der Waals surface area (Å²) in [5, 5.41) is 14.4. The first kappa shape index (κ1) is 16.5. The third-order valence-electron chi connectivity index (χ3n) is 5.26. The van der Waals surface area contributed by atoms with Gasteiger partial charge < -0.3 is 10.4 Å². The van der Waals surface area contributed by atoms with Gasteiger partial charge in [0.15, 0.2) is 0 Å². The van der Waals surface area contributed by atoms with E-state index in [9.17, 15) is 9.90 Å². The number of benzene rings is 2. The number of carbonyl (C=O) groups is 1. The minimum Gasteiger partial charge on any atom is -0.478 e. The lowest BCUT2D eigenvalue weighted by Gasteiger charge is -2.39. The summed E-state index contributed by atoms with van der Waals surface area (Å²) in [6.45, 7) is 2.00. The van der Waals surface area contributed by atoms with Crippen molar-refractivity contribution in [2.24, 2.45) is 5.92 Å². The largest absolute Gasteiger partial charge is 0.478 e. The van der Waals surface area contributed by atoms with Crippen molar-refractivity contribution >= 4 is 34.9 Å². The van der Waals surface area contributed by atoms with E-state index < -0.39 is 5.97 Å². The lowest BCUT2D eigenvalue weighted by Crippen LogP contribution is -2.31. The molecule has 0 radical (unpaired) electrons. The summed E-state index contributed by atoms with van der Waals surface area (Å²) >= 11 is 12.5. The zero-order valence-electron chi connectivity index (χ0n) is 13.6. The summed E-state index contributed by atoms with van der Waals surface area (Å²) in [6, 6.07) is 9.14. The van der Waals surface area contributed by atoms with Crippen molar-refractivity contribution in [3.63, 3.8) is 0 Å². The van der Waals surface area contributed by atoms with Crippen molar-refractivity contribution in [3.05, 3.63) is 74.8 Å². The second kappa shape index (κ2) is 6.08. The number of aryl methyl sites for hydroxylation is 1. The lowest BCUT2D eigenvalue weighted by atomic mass is 9.74. The lowest BCUT2D eigenvalue weighted by molar-refractivity contribution is 0.0695. The van der Waals surface area contributed by atoms with Crippen molar-refractivity contribution in [1.82, 2.24) is 0 Å². The van der Waals surface area contributed by atoms with Crippen LogP contribution in [0.5, 0.6) is 0 Å². The molecular formula is C20H17Cl2NO2. The van der Waals surface area contributed by atoms with Gasteiger partial charge in [-0.25, -0.2) is 4.79 Å². The highest BCUT2D eigenvalue weighted by atomic mass is 35.5. The van der Waals surface area contributed by atoms with Crippen LogP contribution < -0.4 is 5.32 Å². The van der Waals surface area contributed by atoms with E-state index in [2.05, 4.69) is 17.5 Å². The summed E-state index contributed by atoms with van der Waals surface area (Å²) in [5.41, 5.74) is 4.19. The minimum atomic E-state index is -0.889. The normalized spacial score (nSPS) is 23.7. The number of fused-ring (bicyclic) bond motifs is 3. The van der Waals surface area contributed by atoms with E-state index >= 15 is 0 Å². The molecule has 2 aromatic carbocycles. The van der Waals surface area contributed by atoms with E-state index in [4.69, 9.17) is 23.2 Å². The molecular weight excluding hydrogens is 357 g/mol. The highest BCUT2D eigenvalue weighted by Crippen LogP contribution is 2.52. The molecule has 0 amide bonds. The third kappa shape index (κ3) is 2.62. The number of hydrogen-bond donors (Lipinski definition) is 2. The number of hydrogen-bond acceptors (Lipinski definition) is 2. The van der Waals surface area contributed by atoms with Crippen molar-refractivity contribution in [1.29, 1.82) is 0 Å². The van der Waals surface area contributed by atoms with Crippen LogP contribution in [-0.2, 0) is 0 Å². The highest BCUT2D eigenvalue weighted by molar-refractivity contribution is 6.35. The fourth-order valence-electron chi connectivity index (χ4n) is 4.10. The summed E-state index contributed by atoms with van der Waals surface area (Å²) in [6.07, 6.45) is 5.15. The number of anilines is 1. The quantitative estimate of drug-likeness (QED) is 0.651. The van der Waals surface area contributed by atoms with Gasteiger partial charge >= 0.3 is 5.97 Å². The molecule has 3 atom stereocenters. The monoisotopic (exact) mass is 373 g/mol. The molecule has 1 aliphatic carbocycles. The van der Waals surface area contributed by atoms with Gasteiger partial charge in [0.2, 0.25) is 0 Å². The Morgan fingerprint density at radius 2 is 2.04 bits per heavy atom. The van der Waals surface area contributed by atoms with Crippen molar-refractivity contribution < 1.29 is 9.90 Å². The standard InChI is InChI=1S/C20H17Cl2NO2/c1-10-5-7-15(20(24)25)17-12-3-2-4-13(12)19(23-18(10)17)14-8-6-11(21)9-16(14)22/h2-3,5-9,12-13,19,23H,4H2,1H3,(H,24,25)/t12-,13-,19-/m0/s1. The molecule has 2 N–H and O–H groups in total. The van der Waals surface area contributed by atoms with Crippen LogP contribution in [0.25, 0.3) is 0 Å². The van der Waals surface area contributed by atoms with E-state index in [-0.39, 0.29) is 17.9 Å². The van der Waals surface area contributed by atoms with E-state index in [0.29, 0.717) is 15.6 Å². The molecule has 4 rings (SSSR count). The predicted octanol–water partition coefficient (Wildman–Crippen LogP) is 5.83. The first-order valence-electron chi connectivity index (χ1n) is 8.22. The van der Waals surface area contributed by atoms with Gasteiger partial charge in [-0.05, 0) is 54.2 Å². The van der Waals surface area contributed by atoms with Crippen LogP contribution in [0.1, 0.15) is 45.4 Å². The number of carboxylic acid groups (broad SMARTS) is 1. The van der Waals surface area contributed by atoms with Crippen LogP contribution in [0.2, 0.25) is 10.0 Å². The van der Waals surface area contributed by atoms with Crippen LogP contribution in [-0.4, -0.2) is 11.1 Å². The Morgan fingerprint density at radius 1 is 1.24 bits per heavy atom. The zero-order chi connectivity index (χ0) is 17.7. The average Bonchev–Trinajstić information content (AvgIpc) is 3.04. The second-order valence-corrected chi connectivity index (χ2v) is 7.51. The van der Waals surface area contributed by atoms with Gasteiger partial charge in [-0.15, -0.1) is 0 Å². The first-order valence-corrected chi connectivity index (χ1v) is 8.98. The Hall–Kier alpha value is -1.97. The SMILES string of the molecule is Cc1ccc(C(=O)O)c2c1N[C@H](c1ccc(Cl)cc1Cl)[C@H]1CC=C[C@H]21. The molecule has 0 saturated carbocycles. The Labute approximate surface area is 156 Å². The predicted molar refractivity (Wildman–Crippen MR) is 101 cm³/mol. The van der Waals surface area contributed by atoms with Gasteiger partial charge in [0, 0.05) is 21.7 Å². The Kier molecular flexibility index (Phi) is 4.01. The molecule has 0 saturated heterocycles. The number of carboxylic acids is 1. The summed E-state index contributed by atoms with van der Waals surface area (Å²) in [7, 11) is 0. The van der Waals surface area contributed by atoms with E-state index in [1.54, 1.807) is 12.1 Å². The topological polar surface area (TPSA) is 49.3 Å². The molecule has 3 nitrogen and oxygen atoms in total. The molecule has 1 heterocycles. The van der Waals surface area contributed by atoms with E-state index in [0.717, 1.165) is 28.8 Å². The molecule has 1 aliphatic heterocycles. The van der Waals surface area contributed by atoms with Crippen LogP contribution in [0, 0.1) is 12.8 Å². The third-order valence-corrected chi connectivity index (χ3v) is 5.82. The molecule has 128 valence electrons. The number of aromatic carboxylic acids is 1. The number of nitrogens with one attached hydrogen (secondary N) is 1. The number of allylic oxidation sites excluding steroid dienone is 2. The molecule has 0 bridgehead atoms. The summed E-state index contributed by atoms with van der Waals surface area (Å²) < 4.78 is 0. The first-order chi connectivity index (χ1) is 12.0. The van der Waals surface area contributed by atoms with Crippen LogP contribution >= 0.6 is 23.2 Å². The molecule has 25 heavy (non-hydrogen) atoms. The average molecular weight is 374 g/mol. The smallest absolute Gasteiger partial charge is 0.336 e. The maximum absolute atomic E-state index is 11.7. The van der Waals surface area contributed by atoms with Gasteiger partial charge in [0.1, 0.15) is 0 Å². The molecule has 2 aromatic rings. The van der Waals surface area contributed by atoms with Gasteiger partial charge in [0.25, 0.3) is 0 Å². The van der Waals surface area contributed by atoms with E-state index in [1.807, 2.05) is 25.1 Å². The maximum atomic E-state index is 11.7. The van der Waals surface area contributed by atoms with Gasteiger partial charge in [-0.3, -0.25) is 0 Å². The second-order valence-electron chi connectivity index (χ2n) is 6.67. The molecule has 0 spiro atoms. The maximum Gasteiger partial charge on any atom is 0.336 e.